The Balaban J connectivity index is 1.68. The maximum Gasteiger partial charge on any atom is 0.291 e. The number of methoxy groups -OCH3 is 1. The summed E-state index contributed by atoms with van der Waals surface area (Å²) in [4.78, 5) is 12.5. The Morgan fingerprint density at radius 1 is 1.04 bits per heavy atom. The van der Waals surface area contributed by atoms with Crippen LogP contribution in [-0.2, 0) is 4.74 Å². The van der Waals surface area contributed by atoms with Gasteiger partial charge < -0.3 is 19.2 Å². The number of benzene rings is 2. The van der Waals surface area contributed by atoms with Gasteiger partial charge in [-0.3, -0.25) is 4.79 Å². The molecule has 0 aliphatic carbocycles. The lowest BCUT2D eigenvalue weighted by Crippen LogP contribution is -2.12. The number of ether oxygens (including phenoxy) is 2. The molecule has 0 saturated heterocycles. The average Bonchev–Trinajstić information content (AvgIpc) is 3.17. The molecule has 0 aliphatic heterocycles. The molecule has 2 aromatic carbocycles. The highest BCUT2D eigenvalue weighted by Crippen LogP contribution is 2.26. The minimum atomic E-state index is -0.392. The number of carbonyl (C=O) groups excluding carboxylic acids is 1. The molecule has 3 aromatic rings. The van der Waals surface area contributed by atoms with Gasteiger partial charge in [0.05, 0.1) is 12.3 Å². The SMILES string of the molecule is COCCCOc1ccccc1NC(=O)c1ccc(-c2ccc(F)cc2)o1. The number of carbonyl (C=O) groups is 1. The minimum absolute atomic E-state index is 0.156. The van der Waals surface area contributed by atoms with Gasteiger partial charge in [0.2, 0.25) is 0 Å². The highest BCUT2D eigenvalue weighted by Gasteiger charge is 2.14. The lowest BCUT2D eigenvalue weighted by Gasteiger charge is -2.11. The van der Waals surface area contributed by atoms with E-state index in [4.69, 9.17) is 13.9 Å². The quantitative estimate of drug-likeness (QED) is 0.582. The lowest BCUT2D eigenvalue weighted by molar-refractivity contribution is 0.0996. The van der Waals surface area contributed by atoms with Crippen molar-refractivity contribution >= 4 is 11.6 Å². The fourth-order valence-corrected chi connectivity index (χ4v) is 2.49. The Labute approximate surface area is 156 Å². The van der Waals surface area contributed by atoms with Gasteiger partial charge in [0.15, 0.2) is 5.76 Å². The summed E-state index contributed by atoms with van der Waals surface area (Å²) in [5.41, 5.74) is 1.25. The van der Waals surface area contributed by atoms with Gasteiger partial charge in [0.25, 0.3) is 5.91 Å². The van der Waals surface area contributed by atoms with Crippen LogP contribution >= 0.6 is 0 Å². The van der Waals surface area contributed by atoms with E-state index in [1.807, 2.05) is 12.1 Å². The maximum absolute atomic E-state index is 13.0. The van der Waals surface area contributed by atoms with Crippen LogP contribution in [0.4, 0.5) is 10.1 Å². The summed E-state index contributed by atoms with van der Waals surface area (Å²) >= 11 is 0. The van der Waals surface area contributed by atoms with Gasteiger partial charge >= 0.3 is 0 Å². The zero-order valence-electron chi connectivity index (χ0n) is 14.9. The molecule has 0 bridgehead atoms. The number of hydrogen-bond donors (Lipinski definition) is 1. The molecule has 27 heavy (non-hydrogen) atoms. The van der Waals surface area contributed by atoms with Crippen molar-refractivity contribution in [3.8, 4) is 17.1 Å². The number of amides is 1. The van der Waals surface area contributed by atoms with E-state index < -0.39 is 5.91 Å². The summed E-state index contributed by atoms with van der Waals surface area (Å²) < 4.78 is 29.3. The summed E-state index contributed by atoms with van der Waals surface area (Å²) in [5.74, 6) is 0.502. The van der Waals surface area contributed by atoms with Crippen molar-refractivity contribution in [1.82, 2.24) is 0 Å². The van der Waals surface area contributed by atoms with Crippen molar-refractivity contribution in [1.29, 1.82) is 0 Å². The van der Waals surface area contributed by atoms with Crippen LogP contribution in [0.15, 0.2) is 65.1 Å². The van der Waals surface area contributed by atoms with Crippen LogP contribution in [0.5, 0.6) is 5.75 Å². The van der Waals surface area contributed by atoms with Crippen LogP contribution in [0.1, 0.15) is 17.0 Å². The van der Waals surface area contributed by atoms with Crippen molar-refractivity contribution in [2.75, 3.05) is 25.6 Å². The second-order valence-corrected chi connectivity index (χ2v) is 5.82. The maximum atomic E-state index is 13.0. The number of para-hydroxylation sites is 2. The van der Waals surface area contributed by atoms with Gasteiger partial charge in [-0.05, 0) is 48.5 Å². The number of rotatable bonds is 8. The molecule has 3 rings (SSSR count). The highest BCUT2D eigenvalue weighted by atomic mass is 19.1. The number of furan rings is 1. The molecule has 0 unspecified atom stereocenters. The molecule has 0 aliphatic rings. The highest BCUT2D eigenvalue weighted by molar-refractivity contribution is 6.03. The van der Waals surface area contributed by atoms with Gasteiger partial charge in [0, 0.05) is 25.7 Å². The third-order valence-corrected chi connectivity index (χ3v) is 3.84. The third-order valence-electron chi connectivity index (χ3n) is 3.84. The van der Waals surface area contributed by atoms with E-state index in [-0.39, 0.29) is 11.6 Å². The van der Waals surface area contributed by atoms with Crippen molar-refractivity contribution in [2.24, 2.45) is 0 Å². The molecule has 0 atom stereocenters. The zero-order chi connectivity index (χ0) is 19.1. The third kappa shape index (κ3) is 4.95. The lowest BCUT2D eigenvalue weighted by atomic mass is 10.2. The summed E-state index contributed by atoms with van der Waals surface area (Å²) in [7, 11) is 1.64. The van der Waals surface area contributed by atoms with E-state index in [0.717, 1.165) is 6.42 Å². The fourth-order valence-electron chi connectivity index (χ4n) is 2.49. The van der Waals surface area contributed by atoms with E-state index >= 15 is 0 Å². The fraction of sp³-hybridized carbons (Fsp3) is 0.190. The molecule has 140 valence electrons. The Hall–Kier alpha value is -3.12. The van der Waals surface area contributed by atoms with Gasteiger partial charge in [-0.25, -0.2) is 4.39 Å². The van der Waals surface area contributed by atoms with Crippen molar-refractivity contribution in [3.05, 3.63) is 72.2 Å². The molecule has 0 saturated carbocycles. The summed E-state index contributed by atoms with van der Waals surface area (Å²) in [6.07, 6.45) is 0.748. The first kappa shape index (κ1) is 18.7. The van der Waals surface area contributed by atoms with Crippen molar-refractivity contribution in [3.63, 3.8) is 0 Å². The number of halogens is 1. The molecule has 0 spiro atoms. The molecule has 1 amide bonds. The van der Waals surface area contributed by atoms with E-state index in [2.05, 4.69) is 5.32 Å². The van der Waals surface area contributed by atoms with Gasteiger partial charge in [-0.2, -0.15) is 0 Å². The Morgan fingerprint density at radius 3 is 2.59 bits per heavy atom. The van der Waals surface area contributed by atoms with Crippen LogP contribution in [0.3, 0.4) is 0 Å². The molecule has 1 heterocycles. The standard InChI is InChI=1S/C21H20FNO4/c1-25-13-4-14-26-19-6-3-2-5-17(19)23-21(24)20-12-11-18(27-20)15-7-9-16(22)10-8-15/h2-3,5-12H,4,13-14H2,1H3,(H,23,24). The summed E-state index contributed by atoms with van der Waals surface area (Å²) in [5, 5.41) is 2.79. The van der Waals surface area contributed by atoms with Crippen molar-refractivity contribution in [2.45, 2.75) is 6.42 Å². The van der Waals surface area contributed by atoms with Crippen LogP contribution in [0, 0.1) is 5.82 Å². The zero-order valence-corrected chi connectivity index (χ0v) is 14.9. The summed E-state index contributed by atoms with van der Waals surface area (Å²) in [6.45, 7) is 1.09. The smallest absolute Gasteiger partial charge is 0.291 e. The predicted octanol–water partition coefficient (Wildman–Crippen LogP) is 4.75. The average molecular weight is 369 g/mol. The largest absolute Gasteiger partial charge is 0.491 e. The normalized spacial score (nSPS) is 10.6. The minimum Gasteiger partial charge on any atom is -0.491 e. The number of hydrogen-bond acceptors (Lipinski definition) is 4. The van der Waals surface area contributed by atoms with E-state index in [9.17, 15) is 9.18 Å². The van der Waals surface area contributed by atoms with Crippen molar-refractivity contribution < 1.29 is 23.1 Å². The van der Waals surface area contributed by atoms with Crippen LogP contribution in [-0.4, -0.2) is 26.2 Å². The van der Waals surface area contributed by atoms with Gasteiger partial charge in [-0.15, -0.1) is 0 Å². The molecule has 5 nitrogen and oxygen atoms in total. The van der Waals surface area contributed by atoms with E-state index in [1.54, 1.807) is 43.5 Å². The van der Waals surface area contributed by atoms with Crippen LogP contribution < -0.4 is 10.1 Å². The van der Waals surface area contributed by atoms with Gasteiger partial charge in [-0.1, -0.05) is 12.1 Å². The Bertz CT molecular complexity index is 889. The van der Waals surface area contributed by atoms with E-state index in [1.165, 1.54) is 12.1 Å². The molecule has 0 fully saturated rings. The molecular formula is C21H20FNO4. The number of anilines is 1. The molecule has 1 N–H and O–H groups in total. The predicted molar refractivity (Wildman–Crippen MR) is 100 cm³/mol. The number of nitrogens with one attached hydrogen (secondary N) is 1. The second kappa shape index (κ2) is 9.00. The first-order chi connectivity index (χ1) is 13.2. The monoisotopic (exact) mass is 369 g/mol. The topological polar surface area (TPSA) is 60.7 Å². The Kier molecular flexibility index (Phi) is 6.22. The Morgan fingerprint density at radius 2 is 1.81 bits per heavy atom. The van der Waals surface area contributed by atoms with Crippen LogP contribution in [0.2, 0.25) is 0 Å². The molecule has 0 radical (unpaired) electrons. The first-order valence-corrected chi connectivity index (χ1v) is 8.55. The second-order valence-electron chi connectivity index (χ2n) is 5.82. The van der Waals surface area contributed by atoms with E-state index in [0.29, 0.717) is 36.0 Å². The molecule has 1 aromatic heterocycles. The molecular weight excluding hydrogens is 349 g/mol. The molecule has 6 heteroatoms. The summed E-state index contributed by atoms with van der Waals surface area (Å²) in [6, 6.07) is 16.3. The van der Waals surface area contributed by atoms with Crippen LogP contribution in [0.25, 0.3) is 11.3 Å². The van der Waals surface area contributed by atoms with Gasteiger partial charge in [0.1, 0.15) is 17.3 Å². The first-order valence-electron chi connectivity index (χ1n) is 8.55.